The third-order valence-corrected chi connectivity index (χ3v) is 3.08. The molecule has 0 aliphatic heterocycles. The molecule has 0 amide bonds. The van der Waals surface area contributed by atoms with Crippen LogP contribution in [0.4, 0.5) is 0 Å². The molecule has 1 aromatic carbocycles. The van der Waals surface area contributed by atoms with Crippen LogP contribution in [-0.4, -0.2) is 20.7 Å². The van der Waals surface area contributed by atoms with Crippen LogP contribution in [0.3, 0.4) is 0 Å². The summed E-state index contributed by atoms with van der Waals surface area (Å²) in [6.45, 7) is 4.49. The summed E-state index contributed by atoms with van der Waals surface area (Å²) in [6.07, 6.45) is 3.83. The van der Waals surface area contributed by atoms with Gasteiger partial charge in [0.15, 0.2) is 0 Å². The van der Waals surface area contributed by atoms with Gasteiger partial charge in [-0.25, -0.2) is 0 Å². The van der Waals surface area contributed by atoms with Gasteiger partial charge in [0, 0.05) is 12.4 Å². The van der Waals surface area contributed by atoms with Crippen molar-refractivity contribution in [3.63, 3.8) is 0 Å². The number of aromatic nitrogens is 1. The van der Waals surface area contributed by atoms with Gasteiger partial charge in [0.05, 0.1) is 0 Å². The molecule has 2 rings (SSSR count). The third kappa shape index (κ3) is 1.67. The Morgan fingerprint density at radius 2 is 1.93 bits per heavy atom. The number of nitrogens with zero attached hydrogens (tertiary/aromatic N) is 1. The van der Waals surface area contributed by atoms with E-state index in [1.165, 1.54) is 27.3 Å². The maximum atomic E-state index is 4.19. The summed E-state index contributed by atoms with van der Waals surface area (Å²) in [5.41, 5.74) is 4.17. The summed E-state index contributed by atoms with van der Waals surface area (Å²) in [5, 5.41) is 2.62. The lowest BCUT2D eigenvalue weighted by Crippen LogP contribution is -2.19. The minimum absolute atomic E-state index is 0.585. The Labute approximate surface area is 92.7 Å². The lowest BCUT2D eigenvalue weighted by atomic mass is 9.77. The number of fused-ring (bicyclic) bond motifs is 1. The molecule has 0 unspecified atom stereocenters. The Kier molecular flexibility index (Phi) is 2.55. The Bertz CT molecular complexity index is 506. The Morgan fingerprint density at radius 3 is 2.60 bits per heavy atom. The van der Waals surface area contributed by atoms with E-state index in [2.05, 4.69) is 46.7 Å². The highest BCUT2D eigenvalue weighted by Crippen LogP contribution is 2.15. The predicted octanol–water partition coefficient (Wildman–Crippen LogP) is -0.125. The average Bonchev–Trinajstić information content (AvgIpc) is 2.23. The summed E-state index contributed by atoms with van der Waals surface area (Å²) in [7, 11) is 4.37. The molecule has 0 saturated carbocycles. The van der Waals surface area contributed by atoms with Gasteiger partial charge in [-0.05, 0) is 22.8 Å². The van der Waals surface area contributed by atoms with E-state index in [4.69, 9.17) is 0 Å². The molecule has 74 valence electrons. The van der Waals surface area contributed by atoms with E-state index in [-0.39, 0.29) is 0 Å². The largest absolute Gasteiger partial charge is 0.264 e. The zero-order valence-electron chi connectivity index (χ0n) is 9.83. The molecule has 2 aromatic rings. The van der Waals surface area contributed by atoms with E-state index >= 15 is 0 Å². The van der Waals surface area contributed by atoms with E-state index in [0.29, 0.717) is 5.92 Å². The van der Waals surface area contributed by atoms with Crippen molar-refractivity contribution < 1.29 is 0 Å². The van der Waals surface area contributed by atoms with E-state index < -0.39 is 0 Å². The van der Waals surface area contributed by atoms with Crippen LogP contribution in [0, 0.1) is 0 Å². The minimum atomic E-state index is 0.585. The third-order valence-electron chi connectivity index (χ3n) is 3.08. The summed E-state index contributed by atoms with van der Waals surface area (Å²) in [5.74, 6) is 0.585. The van der Waals surface area contributed by atoms with Gasteiger partial charge >= 0.3 is 0 Å². The van der Waals surface area contributed by atoms with Gasteiger partial charge in [-0.1, -0.05) is 36.4 Å². The van der Waals surface area contributed by atoms with Gasteiger partial charge in [0.2, 0.25) is 0 Å². The van der Waals surface area contributed by atoms with Crippen LogP contribution in [0.1, 0.15) is 25.3 Å². The van der Waals surface area contributed by atoms with Crippen LogP contribution >= 0.6 is 0 Å². The molecule has 3 heteroatoms. The molecule has 0 atom stereocenters. The highest BCUT2D eigenvalue weighted by Gasteiger charge is 2.08. The fourth-order valence-electron chi connectivity index (χ4n) is 2.21. The Morgan fingerprint density at radius 1 is 1.20 bits per heavy atom. The smallest absolute Gasteiger partial charge is 0.140 e. The van der Waals surface area contributed by atoms with E-state index in [0.717, 1.165) is 0 Å². The van der Waals surface area contributed by atoms with Crippen LogP contribution in [0.2, 0.25) is 0 Å². The molecule has 0 saturated heterocycles. The van der Waals surface area contributed by atoms with Crippen LogP contribution in [0.25, 0.3) is 10.8 Å². The van der Waals surface area contributed by atoms with Gasteiger partial charge in [0.1, 0.15) is 15.7 Å². The predicted molar refractivity (Wildman–Crippen MR) is 72.2 cm³/mol. The molecule has 0 radical (unpaired) electrons. The second-order valence-corrected chi connectivity index (χ2v) is 4.48. The molecule has 0 aliphatic carbocycles. The zero-order valence-corrected chi connectivity index (χ0v) is 9.83. The lowest BCUT2D eigenvalue weighted by molar-refractivity contribution is 0.876. The molecule has 0 bridgehead atoms. The summed E-state index contributed by atoms with van der Waals surface area (Å²) < 4.78 is 0. The lowest BCUT2D eigenvalue weighted by Gasteiger charge is -2.14. The molecule has 0 spiro atoms. The topological polar surface area (TPSA) is 12.9 Å². The summed E-state index contributed by atoms with van der Waals surface area (Å²) >= 11 is 0. The Balaban J connectivity index is 2.84. The SMILES string of the molecule is Bc1cc(C(C)C)c(B)c2ccncc12. The van der Waals surface area contributed by atoms with Crippen molar-refractivity contribution in [2.75, 3.05) is 0 Å². The van der Waals surface area contributed by atoms with E-state index in [9.17, 15) is 0 Å². The van der Waals surface area contributed by atoms with Crippen LogP contribution in [0.5, 0.6) is 0 Å². The summed E-state index contributed by atoms with van der Waals surface area (Å²) in [6, 6.07) is 4.41. The van der Waals surface area contributed by atoms with Crippen molar-refractivity contribution in [2.45, 2.75) is 19.8 Å². The molecule has 0 fully saturated rings. The molecule has 0 aliphatic rings. The van der Waals surface area contributed by atoms with Gasteiger partial charge in [0.25, 0.3) is 0 Å². The van der Waals surface area contributed by atoms with Crippen molar-refractivity contribution in [1.29, 1.82) is 0 Å². The minimum Gasteiger partial charge on any atom is -0.264 e. The van der Waals surface area contributed by atoms with Crippen molar-refractivity contribution >= 4 is 37.4 Å². The highest BCUT2D eigenvalue weighted by atomic mass is 14.6. The van der Waals surface area contributed by atoms with Gasteiger partial charge < -0.3 is 0 Å². The van der Waals surface area contributed by atoms with Gasteiger partial charge in [-0.2, -0.15) is 0 Å². The first-order valence-electron chi connectivity index (χ1n) is 5.45. The Hall–Kier alpha value is -1.24. The van der Waals surface area contributed by atoms with Gasteiger partial charge in [-0.15, -0.1) is 0 Å². The first kappa shape index (κ1) is 10.3. The maximum Gasteiger partial charge on any atom is 0.140 e. The van der Waals surface area contributed by atoms with Crippen LogP contribution < -0.4 is 10.9 Å². The van der Waals surface area contributed by atoms with Crippen molar-refractivity contribution in [3.8, 4) is 0 Å². The molecule has 1 heterocycles. The fraction of sp³-hybridized carbons (Fsp3) is 0.250. The van der Waals surface area contributed by atoms with E-state index in [1.807, 2.05) is 12.4 Å². The molecule has 0 N–H and O–H groups in total. The van der Waals surface area contributed by atoms with Crippen molar-refractivity contribution in [2.24, 2.45) is 0 Å². The number of hydrogen-bond acceptors (Lipinski definition) is 1. The van der Waals surface area contributed by atoms with Crippen LogP contribution in [-0.2, 0) is 0 Å². The number of benzene rings is 1. The number of hydrogen-bond donors (Lipinski definition) is 0. The summed E-state index contributed by atoms with van der Waals surface area (Å²) in [4.78, 5) is 4.19. The molecule has 15 heavy (non-hydrogen) atoms. The standard InChI is InChI=1S/C12H15B2N/c1-7(2)9-5-11(13)10-6-15-4-3-8(10)12(9)14/h3-7H,13-14H2,1-2H3. The van der Waals surface area contributed by atoms with Gasteiger partial charge in [-0.3, -0.25) is 4.98 Å². The fourth-order valence-corrected chi connectivity index (χ4v) is 2.21. The molecular formula is C12H15B2N. The molecular weight excluding hydrogens is 180 g/mol. The highest BCUT2D eigenvalue weighted by molar-refractivity contribution is 6.45. The number of rotatable bonds is 1. The maximum absolute atomic E-state index is 4.19. The normalized spacial score (nSPS) is 11.1. The zero-order chi connectivity index (χ0) is 11.0. The van der Waals surface area contributed by atoms with Crippen molar-refractivity contribution in [3.05, 3.63) is 30.1 Å². The number of pyridine rings is 1. The first-order chi connectivity index (χ1) is 7.11. The van der Waals surface area contributed by atoms with Crippen LogP contribution in [0.15, 0.2) is 24.5 Å². The molecule has 1 aromatic heterocycles. The first-order valence-corrected chi connectivity index (χ1v) is 5.45. The van der Waals surface area contributed by atoms with Crippen molar-refractivity contribution in [1.82, 2.24) is 4.98 Å². The quantitative estimate of drug-likeness (QED) is 0.577. The average molecular weight is 195 g/mol. The second-order valence-electron chi connectivity index (χ2n) is 4.48. The monoisotopic (exact) mass is 195 g/mol. The second kappa shape index (κ2) is 3.73. The molecule has 1 nitrogen and oxygen atoms in total. The van der Waals surface area contributed by atoms with E-state index in [1.54, 1.807) is 0 Å².